The molecule has 0 aliphatic carbocycles. The second kappa shape index (κ2) is 7.78. The van der Waals surface area contributed by atoms with Gasteiger partial charge >= 0.3 is 0 Å². The maximum Gasteiger partial charge on any atom is 0.239 e. The fraction of sp³-hybridized carbons (Fsp3) is 0.583. The molecule has 106 valence electrons. The van der Waals surface area contributed by atoms with E-state index in [1.54, 1.807) is 0 Å². The number of carbonyl (C=O) groups excluding carboxylic acids is 1. The van der Waals surface area contributed by atoms with Crippen molar-refractivity contribution in [2.45, 2.75) is 33.2 Å². The Morgan fingerprint density at radius 3 is 2.79 bits per heavy atom. The van der Waals surface area contributed by atoms with Crippen molar-refractivity contribution in [1.82, 2.24) is 15.3 Å². The first kappa shape index (κ1) is 15.5. The number of carbonyl (C=O) groups is 1. The fourth-order valence-corrected chi connectivity index (χ4v) is 1.51. The molecule has 0 saturated carbocycles. The monoisotopic (exact) mass is 285 g/mol. The molecule has 0 atom stereocenters. The molecule has 0 aliphatic rings. The SMILES string of the molecule is CCCNc1ncc(Cl)c(NCC(=O)NC(C)C)n1. The van der Waals surface area contributed by atoms with Crippen LogP contribution in [0.1, 0.15) is 27.2 Å². The zero-order valence-corrected chi connectivity index (χ0v) is 12.2. The van der Waals surface area contributed by atoms with E-state index in [-0.39, 0.29) is 18.5 Å². The number of hydrogen-bond donors (Lipinski definition) is 3. The molecule has 1 amide bonds. The third kappa shape index (κ3) is 5.74. The van der Waals surface area contributed by atoms with Crippen LogP contribution in [-0.2, 0) is 4.79 Å². The zero-order valence-electron chi connectivity index (χ0n) is 11.5. The number of rotatable bonds is 7. The van der Waals surface area contributed by atoms with Crippen LogP contribution in [0.4, 0.5) is 11.8 Å². The molecule has 1 aromatic heterocycles. The predicted molar refractivity (Wildman–Crippen MR) is 77.6 cm³/mol. The van der Waals surface area contributed by atoms with Crippen LogP contribution in [0, 0.1) is 0 Å². The van der Waals surface area contributed by atoms with Crippen LogP contribution >= 0.6 is 11.6 Å². The lowest BCUT2D eigenvalue weighted by Gasteiger charge is -2.11. The van der Waals surface area contributed by atoms with Gasteiger partial charge in [0.05, 0.1) is 12.7 Å². The first-order chi connectivity index (χ1) is 9.02. The van der Waals surface area contributed by atoms with E-state index in [1.165, 1.54) is 6.20 Å². The summed E-state index contributed by atoms with van der Waals surface area (Å²) >= 11 is 5.97. The number of hydrogen-bond acceptors (Lipinski definition) is 5. The summed E-state index contributed by atoms with van der Waals surface area (Å²) in [5, 5.41) is 9.13. The molecule has 0 unspecified atom stereocenters. The van der Waals surface area contributed by atoms with Crippen molar-refractivity contribution < 1.29 is 4.79 Å². The summed E-state index contributed by atoms with van der Waals surface area (Å²) < 4.78 is 0. The Bertz CT molecular complexity index is 425. The van der Waals surface area contributed by atoms with Gasteiger partial charge in [-0.05, 0) is 20.3 Å². The van der Waals surface area contributed by atoms with Gasteiger partial charge in [-0.3, -0.25) is 4.79 Å². The first-order valence-electron chi connectivity index (χ1n) is 6.32. The Kier molecular flexibility index (Phi) is 6.35. The van der Waals surface area contributed by atoms with Gasteiger partial charge in [-0.1, -0.05) is 18.5 Å². The van der Waals surface area contributed by atoms with Gasteiger partial charge in [0.1, 0.15) is 5.02 Å². The van der Waals surface area contributed by atoms with Crippen molar-refractivity contribution in [3.8, 4) is 0 Å². The quantitative estimate of drug-likeness (QED) is 0.713. The second-order valence-corrected chi connectivity index (χ2v) is 4.80. The Labute approximate surface area is 118 Å². The topological polar surface area (TPSA) is 78.9 Å². The largest absolute Gasteiger partial charge is 0.360 e. The van der Waals surface area contributed by atoms with E-state index in [2.05, 4.69) is 32.8 Å². The Balaban J connectivity index is 2.58. The van der Waals surface area contributed by atoms with Crippen LogP contribution in [0.15, 0.2) is 6.20 Å². The molecule has 6 nitrogen and oxygen atoms in total. The smallest absolute Gasteiger partial charge is 0.239 e. The lowest BCUT2D eigenvalue weighted by atomic mass is 10.4. The first-order valence-corrected chi connectivity index (χ1v) is 6.70. The van der Waals surface area contributed by atoms with Crippen molar-refractivity contribution >= 4 is 29.3 Å². The highest BCUT2D eigenvalue weighted by atomic mass is 35.5. The molecule has 19 heavy (non-hydrogen) atoms. The highest BCUT2D eigenvalue weighted by Crippen LogP contribution is 2.18. The number of halogens is 1. The molecule has 1 rings (SSSR count). The summed E-state index contributed by atoms with van der Waals surface area (Å²) in [6, 6.07) is 0.108. The Morgan fingerprint density at radius 1 is 1.42 bits per heavy atom. The summed E-state index contributed by atoms with van der Waals surface area (Å²) in [4.78, 5) is 19.8. The van der Waals surface area contributed by atoms with E-state index in [4.69, 9.17) is 11.6 Å². The van der Waals surface area contributed by atoms with E-state index in [9.17, 15) is 4.79 Å². The third-order valence-corrected chi connectivity index (χ3v) is 2.42. The van der Waals surface area contributed by atoms with E-state index in [0.29, 0.717) is 16.8 Å². The van der Waals surface area contributed by atoms with Gasteiger partial charge in [-0.15, -0.1) is 0 Å². The molecule has 0 spiro atoms. The normalized spacial score (nSPS) is 10.4. The van der Waals surface area contributed by atoms with Gasteiger partial charge in [0.15, 0.2) is 5.82 Å². The minimum Gasteiger partial charge on any atom is -0.360 e. The van der Waals surface area contributed by atoms with Gasteiger partial charge < -0.3 is 16.0 Å². The molecule has 0 aliphatic heterocycles. The summed E-state index contributed by atoms with van der Waals surface area (Å²) in [5.74, 6) is 0.847. The van der Waals surface area contributed by atoms with Crippen LogP contribution in [0.2, 0.25) is 5.02 Å². The third-order valence-electron chi connectivity index (χ3n) is 2.14. The lowest BCUT2D eigenvalue weighted by molar-refractivity contribution is -0.119. The molecule has 0 aromatic carbocycles. The van der Waals surface area contributed by atoms with E-state index in [0.717, 1.165) is 13.0 Å². The maximum atomic E-state index is 11.5. The summed E-state index contributed by atoms with van der Waals surface area (Å²) in [7, 11) is 0. The van der Waals surface area contributed by atoms with Crippen LogP contribution in [0.25, 0.3) is 0 Å². The summed E-state index contributed by atoms with van der Waals surface area (Å²) in [5.41, 5.74) is 0. The minimum atomic E-state index is -0.104. The van der Waals surface area contributed by atoms with Gasteiger partial charge in [-0.2, -0.15) is 4.98 Å². The average Bonchev–Trinajstić information content (AvgIpc) is 2.35. The predicted octanol–water partition coefficient (Wildman–Crippen LogP) is 1.89. The Morgan fingerprint density at radius 2 is 2.16 bits per heavy atom. The lowest BCUT2D eigenvalue weighted by Crippen LogP contribution is -2.35. The number of anilines is 2. The van der Waals surface area contributed by atoms with Crippen LogP contribution in [0.3, 0.4) is 0 Å². The van der Waals surface area contributed by atoms with Crippen molar-refractivity contribution in [1.29, 1.82) is 0 Å². The number of nitrogens with zero attached hydrogens (tertiary/aromatic N) is 2. The van der Waals surface area contributed by atoms with Gasteiger partial charge in [-0.25, -0.2) is 4.98 Å². The number of aromatic nitrogens is 2. The molecular weight excluding hydrogens is 266 g/mol. The molecule has 1 aromatic rings. The van der Waals surface area contributed by atoms with Crippen LogP contribution in [0.5, 0.6) is 0 Å². The van der Waals surface area contributed by atoms with E-state index >= 15 is 0 Å². The molecule has 3 N–H and O–H groups in total. The van der Waals surface area contributed by atoms with Crippen molar-refractivity contribution in [3.63, 3.8) is 0 Å². The van der Waals surface area contributed by atoms with Crippen LogP contribution < -0.4 is 16.0 Å². The molecule has 7 heteroatoms. The molecule has 1 heterocycles. The fourth-order valence-electron chi connectivity index (χ4n) is 1.35. The van der Waals surface area contributed by atoms with E-state index < -0.39 is 0 Å². The Hall–Kier alpha value is -1.56. The number of amides is 1. The van der Waals surface area contributed by atoms with Crippen molar-refractivity contribution in [2.75, 3.05) is 23.7 Å². The maximum absolute atomic E-state index is 11.5. The minimum absolute atomic E-state index is 0.104. The highest BCUT2D eigenvalue weighted by molar-refractivity contribution is 6.32. The van der Waals surface area contributed by atoms with Crippen LogP contribution in [-0.4, -0.2) is 35.0 Å². The molecular formula is C12H20ClN5O. The van der Waals surface area contributed by atoms with Crippen molar-refractivity contribution in [2.24, 2.45) is 0 Å². The standard InChI is InChI=1S/C12H20ClN5O/c1-4-5-14-12-16-6-9(13)11(18-12)15-7-10(19)17-8(2)3/h6,8H,4-5,7H2,1-3H3,(H,17,19)(H2,14,15,16,18). The zero-order chi connectivity index (χ0) is 14.3. The summed E-state index contributed by atoms with van der Waals surface area (Å²) in [6.45, 7) is 6.78. The number of nitrogens with one attached hydrogen (secondary N) is 3. The van der Waals surface area contributed by atoms with Gasteiger partial charge in [0.2, 0.25) is 11.9 Å². The van der Waals surface area contributed by atoms with Gasteiger partial charge in [0, 0.05) is 12.6 Å². The molecule has 0 radical (unpaired) electrons. The van der Waals surface area contributed by atoms with Crippen molar-refractivity contribution in [3.05, 3.63) is 11.2 Å². The highest BCUT2D eigenvalue weighted by Gasteiger charge is 2.08. The molecule has 0 fully saturated rings. The second-order valence-electron chi connectivity index (χ2n) is 4.39. The van der Waals surface area contributed by atoms with Gasteiger partial charge in [0.25, 0.3) is 0 Å². The van der Waals surface area contributed by atoms with E-state index in [1.807, 2.05) is 13.8 Å². The molecule has 0 saturated heterocycles. The summed E-state index contributed by atoms with van der Waals surface area (Å²) in [6.07, 6.45) is 2.49. The molecule has 0 bridgehead atoms. The average molecular weight is 286 g/mol.